The van der Waals surface area contributed by atoms with E-state index in [1.807, 2.05) is 6.07 Å². The van der Waals surface area contributed by atoms with Gasteiger partial charge in [0.05, 0.1) is 7.11 Å². The van der Waals surface area contributed by atoms with Gasteiger partial charge in [0.15, 0.2) is 0 Å². The molecule has 1 aromatic carbocycles. The van der Waals surface area contributed by atoms with E-state index in [2.05, 4.69) is 11.8 Å². The van der Waals surface area contributed by atoms with E-state index in [1.54, 1.807) is 12.1 Å². The largest absolute Gasteiger partial charge is 0.496 e. The number of halogens is 1. The summed E-state index contributed by atoms with van der Waals surface area (Å²) in [6.45, 7) is 0. The number of ether oxygens (including phenoxy) is 1. The van der Waals surface area contributed by atoms with Gasteiger partial charge in [-0.05, 0) is 24.3 Å². The zero-order valence-corrected chi connectivity index (χ0v) is 10.7. The van der Waals surface area contributed by atoms with Crippen molar-refractivity contribution in [3.63, 3.8) is 0 Å². The van der Waals surface area contributed by atoms with Crippen LogP contribution in [0.2, 0.25) is 0 Å². The van der Waals surface area contributed by atoms with Gasteiger partial charge >= 0.3 is 5.97 Å². The first-order valence-electron chi connectivity index (χ1n) is 5.31. The topological polar surface area (TPSA) is 46.5 Å². The fourth-order valence-electron chi connectivity index (χ4n) is 1.32. The summed E-state index contributed by atoms with van der Waals surface area (Å²) >= 11 is 5.53. The van der Waals surface area contributed by atoms with E-state index in [9.17, 15) is 4.79 Å². The van der Waals surface area contributed by atoms with E-state index < -0.39 is 5.97 Å². The van der Waals surface area contributed by atoms with Gasteiger partial charge in [0.1, 0.15) is 5.75 Å². The summed E-state index contributed by atoms with van der Waals surface area (Å²) in [7, 11) is 1.53. The normalized spacial score (nSPS) is 9.89. The maximum absolute atomic E-state index is 10.5. The van der Waals surface area contributed by atoms with Gasteiger partial charge in [-0.25, -0.2) is 4.79 Å². The van der Waals surface area contributed by atoms with Gasteiger partial charge in [-0.3, -0.25) is 0 Å². The fourth-order valence-corrected chi connectivity index (χ4v) is 1.41. The first-order chi connectivity index (χ1) is 8.67. The van der Waals surface area contributed by atoms with Crippen molar-refractivity contribution in [3.8, 4) is 17.6 Å². The first kappa shape index (κ1) is 14.1. The predicted octanol–water partition coefficient (Wildman–Crippen LogP) is 2.77. The molecule has 0 bridgehead atoms. The molecule has 1 aromatic rings. The molecule has 0 aromatic heterocycles. The number of alkyl halides is 1. The molecule has 1 rings (SSSR count). The maximum atomic E-state index is 10.5. The molecule has 0 saturated heterocycles. The summed E-state index contributed by atoms with van der Waals surface area (Å²) in [6.07, 6.45) is 3.16. The third-order valence-electron chi connectivity index (χ3n) is 2.09. The Morgan fingerprint density at radius 1 is 1.56 bits per heavy atom. The Morgan fingerprint density at radius 3 is 2.94 bits per heavy atom. The molecule has 0 aliphatic rings. The van der Waals surface area contributed by atoms with Crippen molar-refractivity contribution >= 4 is 23.6 Å². The van der Waals surface area contributed by atoms with Crippen molar-refractivity contribution in [3.05, 3.63) is 35.4 Å². The Balaban J connectivity index is 3.02. The lowest BCUT2D eigenvalue weighted by molar-refractivity contribution is -0.131. The van der Waals surface area contributed by atoms with Gasteiger partial charge in [-0.1, -0.05) is 11.8 Å². The third-order valence-corrected chi connectivity index (χ3v) is 2.28. The lowest BCUT2D eigenvalue weighted by Gasteiger charge is -2.04. The molecule has 0 aliphatic heterocycles. The number of rotatable bonds is 4. The molecule has 3 nitrogen and oxygen atoms in total. The van der Waals surface area contributed by atoms with Gasteiger partial charge in [0.2, 0.25) is 0 Å². The van der Waals surface area contributed by atoms with Gasteiger partial charge in [-0.15, -0.1) is 11.6 Å². The van der Waals surface area contributed by atoms with Crippen molar-refractivity contribution in [2.24, 2.45) is 0 Å². The smallest absolute Gasteiger partial charge is 0.328 e. The van der Waals surface area contributed by atoms with Gasteiger partial charge in [0, 0.05) is 29.5 Å². The summed E-state index contributed by atoms with van der Waals surface area (Å²) in [5, 5.41) is 8.61. The second-order valence-electron chi connectivity index (χ2n) is 3.37. The lowest BCUT2D eigenvalue weighted by atomic mass is 10.1. The second-order valence-corrected chi connectivity index (χ2v) is 3.75. The van der Waals surface area contributed by atoms with Crippen LogP contribution in [0.4, 0.5) is 0 Å². The number of carbonyl (C=O) groups is 1. The Bertz CT molecular complexity index is 510. The van der Waals surface area contributed by atoms with Gasteiger partial charge in [-0.2, -0.15) is 0 Å². The molecule has 0 radical (unpaired) electrons. The average molecular weight is 265 g/mol. The molecule has 0 amide bonds. The Hall–Kier alpha value is -1.92. The highest BCUT2D eigenvalue weighted by molar-refractivity contribution is 6.18. The number of hydrogen-bond donors (Lipinski definition) is 1. The van der Waals surface area contributed by atoms with Crippen LogP contribution in [0.25, 0.3) is 6.08 Å². The molecular weight excluding hydrogens is 252 g/mol. The van der Waals surface area contributed by atoms with Crippen molar-refractivity contribution in [1.82, 2.24) is 0 Å². The monoisotopic (exact) mass is 264 g/mol. The van der Waals surface area contributed by atoms with E-state index >= 15 is 0 Å². The lowest BCUT2D eigenvalue weighted by Crippen LogP contribution is -1.90. The zero-order valence-electron chi connectivity index (χ0n) is 9.94. The molecule has 4 heteroatoms. The van der Waals surface area contributed by atoms with Crippen LogP contribution in [-0.4, -0.2) is 24.1 Å². The van der Waals surface area contributed by atoms with E-state index in [-0.39, 0.29) is 0 Å². The number of benzene rings is 1. The molecule has 0 aliphatic carbocycles. The number of aliphatic carboxylic acids is 1. The van der Waals surface area contributed by atoms with E-state index in [0.717, 1.165) is 11.6 Å². The van der Waals surface area contributed by atoms with Crippen LogP contribution < -0.4 is 4.74 Å². The molecule has 0 fully saturated rings. The summed E-state index contributed by atoms with van der Waals surface area (Å²) < 4.78 is 5.14. The number of carboxylic acids is 1. The summed E-state index contributed by atoms with van der Waals surface area (Å²) in [5.41, 5.74) is 1.48. The highest BCUT2D eigenvalue weighted by Gasteiger charge is 2.01. The average Bonchev–Trinajstić information content (AvgIpc) is 2.37. The zero-order chi connectivity index (χ0) is 13.4. The molecule has 0 atom stereocenters. The van der Waals surface area contributed by atoms with Crippen LogP contribution in [-0.2, 0) is 4.79 Å². The predicted molar refractivity (Wildman–Crippen MR) is 71.9 cm³/mol. The van der Waals surface area contributed by atoms with E-state index in [1.165, 1.54) is 13.2 Å². The molecule has 0 saturated carbocycles. The molecule has 1 N–H and O–H groups in total. The number of carboxylic acid groups (broad SMARTS) is 1. The molecule has 0 spiro atoms. The van der Waals surface area contributed by atoms with Crippen molar-refractivity contribution in [1.29, 1.82) is 0 Å². The van der Waals surface area contributed by atoms with Crippen molar-refractivity contribution < 1.29 is 14.6 Å². The van der Waals surface area contributed by atoms with Crippen LogP contribution in [0.1, 0.15) is 17.5 Å². The number of methoxy groups -OCH3 is 1. The third kappa shape index (κ3) is 4.52. The van der Waals surface area contributed by atoms with Crippen LogP contribution in [0.5, 0.6) is 5.75 Å². The van der Waals surface area contributed by atoms with Gasteiger partial charge < -0.3 is 9.84 Å². The molecule has 18 heavy (non-hydrogen) atoms. The molecule has 0 unspecified atom stereocenters. The standard InChI is InChI=1S/C14H13ClO3/c1-18-13-7-5-11(4-2-3-9-15)10-12(13)6-8-14(16)17/h5-8,10H,3,9H2,1H3,(H,16,17)/b8-6+. The quantitative estimate of drug-likeness (QED) is 0.517. The van der Waals surface area contributed by atoms with Crippen molar-refractivity contribution in [2.45, 2.75) is 6.42 Å². The van der Waals surface area contributed by atoms with Crippen LogP contribution >= 0.6 is 11.6 Å². The molecule has 94 valence electrons. The highest BCUT2D eigenvalue weighted by Crippen LogP contribution is 2.21. The summed E-state index contributed by atoms with van der Waals surface area (Å²) in [4.78, 5) is 10.5. The number of hydrogen-bond acceptors (Lipinski definition) is 2. The SMILES string of the molecule is COc1ccc(C#CCCCl)cc1/C=C/C(=O)O. The minimum atomic E-state index is -1.00. The molecular formula is C14H13ClO3. The maximum Gasteiger partial charge on any atom is 0.328 e. The second kappa shape index (κ2) is 7.41. The van der Waals surface area contributed by atoms with Crippen LogP contribution in [0, 0.1) is 11.8 Å². The van der Waals surface area contributed by atoms with Gasteiger partial charge in [0.25, 0.3) is 0 Å². The van der Waals surface area contributed by atoms with Crippen molar-refractivity contribution in [2.75, 3.05) is 13.0 Å². The van der Waals surface area contributed by atoms with Crippen LogP contribution in [0.15, 0.2) is 24.3 Å². The fraction of sp³-hybridized carbons (Fsp3) is 0.214. The van der Waals surface area contributed by atoms with Crippen LogP contribution in [0.3, 0.4) is 0 Å². The Morgan fingerprint density at radius 2 is 2.33 bits per heavy atom. The molecule has 0 heterocycles. The first-order valence-corrected chi connectivity index (χ1v) is 5.84. The minimum Gasteiger partial charge on any atom is -0.496 e. The Kier molecular flexibility index (Phi) is 5.83. The highest BCUT2D eigenvalue weighted by atomic mass is 35.5. The van der Waals surface area contributed by atoms with E-state index in [0.29, 0.717) is 23.6 Å². The van der Waals surface area contributed by atoms with E-state index in [4.69, 9.17) is 21.4 Å². The minimum absolute atomic E-state index is 0.495. The summed E-state index contributed by atoms with van der Waals surface area (Å²) in [5.74, 6) is 5.97. The summed E-state index contributed by atoms with van der Waals surface area (Å²) in [6, 6.07) is 5.35. The Labute approximate surface area is 111 Å².